The van der Waals surface area contributed by atoms with Crippen LogP contribution in [-0.2, 0) is 9.59 Å². The molecule has 0 aliphatic rings. The molecule has 84 valence electrons. The molecule has 16 heavy (non-hydrogen) atoms. The van der Waals surface area contributed by atoms with E-state index in [1.807, 2.05) is 6.07 Å². The Balaban J connectivity index is 3.17. The van der Waals surface area contributed by atoms with Gasteiger partial charge in [0.1, 0.15) is 0 Å². The number of benzene rings is 1. The molecule has 0 atom stereocenters. The van der Waals surface area contributed by atoms with Gasteiger partial charge < -0.3 is 10.0 Å². The average Bonchev–Trinajstić information content (AvgIpc) is 2.26. The average molecular weight is 219 g/mol. The van der Waals surface area contributed by atoms with E-state index in [9.17, 15) is 9.59 Å². The second-order valence-corrected chi connectivity index (χ2v) is 3.31. The minimum atomic E-state index is -1.08. The first-order valence-corrected chi connectivity index (χ1v) is 4.76. The van der Waals surface area contributed by atoms with Gasteiger partial charge in [0.05, 0.1) is 5.70 Å². The molecular weight excluding hydrogens is 206 g/mol. The second kappa shape index (κ2) is 5.11. The lowest BCUT2D eigenvalue weighted by molar-refractivity contribution is -0.131. The van der Waals surface area contributed by atoms with Gasteiger partial charge in [-0.25, -0.2) is 4.79 Å². The van der Waals surface area contributed by atoms with Crippen LogP contribution < -0.4 is 0 Å². The molecule has 4 nitrogen and oxygen atoms in total. The van der Waals surface area contributed by atoms with Crippen molar-refractivity contribution in [1.29, 1.82) is 0 Å². The van der Waals surface area contributed by atoms with Crippen LogP contribution in [0.4, 0.5) is 0 Å². The summed E-state index contributed by atoms with van der Waals surface area (Å²) in [5, 5.41) is 8.76. The van der Waals surface area contributed by atoms with Crippen LogP contribution in [-0.4, -0.2) is 28.9 Å². The largest absolute Gasteiger partial charge is 0.478 e. The summed E-state index contributed by atoms with van der Waals surface area (Å²) in [6.07, 6.45) is 1.02. The van der Waals surface area contributed by atoms with Crippen molar-refractivity contribution >= 4 is 17.6 Å². The Morgan fingerprint density at radius 3 is 2.25 bits per heavy atom. The highest BCUT2D eigenvalue weighted by molar-refractivity contribution is 5.94. The monoisotopic (exact) mass is 219 g/mol. The van der Waals surface area contributed by atoms with Gasteiger partial charge in [0.15, 0.2) is 0 Å². The zero-order valence-corrected chi connectivity index (χ0v) is 9.18. The maximum absolute atomic E-state index is 11.2. The Morgan fingerprint density at radius 1 is 1.25 bits per heavy atom. The third-order valence-corrected chi connectivity index (χ3v) is 2.16. The van der Waals surface area contributed by atoms with Gasteiger partial charge in [0.25, 0.3) is 0 Å². The number of carboxylic acids is 1. The predicted molar refractivity (Wildman–Crippen MR) is 60.5 cm³/mol. The predicted octanol–water partition coefficient (Wildman–Crippen LogP) is 1.59. The van der Waals surface area contributed by atoms with Crippen molar-refractivity contribution in [3.8, 4) is 0 Å². The summed E-state index contributed by atoms with van der Waals surface area (Å²) in [7, 11) is 1.55. The van der Waals surface area contributed by atoms with Crippen molar-refractivity contribution in [3.05, 3.63) is 42.0 Å². The van der Waals surface area contributed by atoms with Crippen LogP contribution in [0.5, 0.6) is 0 Å². The van der Waals surface area contributed by atoms with E-state index in [4.69, 9.17) is 5.11 Å². The molecular formula is C12H13NO3. The molecule has 0 aromatic heterocycles. The standard InChI is InChI=1S/C12H13NO3/c1-9(14)13(2)11(8-12(15)16)10-6-4-3-5-7-10/h3-8H,1-2H3,(H,15,16). The first-order valence-electron chi connectivity index (χ1n) is 4.76. The zero-order valence-electron chi connectivity index (χ0n) is 9.18. The second-order valence-electron chi connectivity index (χ2n) is 3.31. The fourth-order valence-corrected chi connectivity index (χ4v) is 1.27. The number of carbonyl (C=O) groups is 2. The Labute approximate surface area is 93.8 Å². The smallest absolute Gasteiger partial charge is 0.330 e. The first-order chi connectivity index (χ1) is 7.52. The highest BCUT2D eigenvalue weighted by atomic mass is 16.4. The van der Waals surface area contributed by atoms with E-state index in [-0.39, 0.29) is 5.91 Å². The summed E-state index contributed by atoms with van der Waals surface area (Å²) < 4.78 is 0. The number of hydrogen-bond donors (Lipinski definition) is 1. The van der Waals surface area contributed by atoms with Gasteiger partial charge in [-0.3, -0.25) is 4.79 Å². The summed E-state index contributed by atoms with van der Waals surface area (Å²) >= 11 is 0. The Bertz CT molecular complexity index is 423. The molecule has 0 radical (unpaired) electrons. The SMILES string of the molecule is CC(=O)N(C)C(=CC(=O)O)c1ccccc1. The van der Waals surface area contributed by atoms with Crippen LogP contribution in [0.25, 0.3) is 5.70 Å². The Hall–Kier alpha value is -2.10. The van der Waals surface area contributed by atoms with Gasteiger partial charge >= 0.3 is 5.97 Å². The van der Waals surface area contributed by atoms with E-state index in [0.29, 0.717) is 11.3 Å². The van der Waals surface area contributed by atoms with Gasteiger partial charge in [0.2, 0.25) is 5.91 Å². The molecule has 4 heteroatoms. The summed E-state index contributed by atoms with van der Waals surface area (Å²) in [5.74, 6) is -1.29. The summed E-state index contributed by atoms with van der Waals surface area (Å²) in [5.41, 5.74) is 1.07. The van der Waals surface area contributed by atoms with Crippen LogP contribution in [0.15, 0.2) is 36.4 Å². The lowest BCUT2D eigenvalue weighted by Crippen LogP contribution is -2.22. The third-order valence-electron chi connectivity index (χ3n) is 2.16. The molecule has 1 aromatic rings. The van der Waals surface area contributed by atoms with E-state index in [1.54, 1.807) is 31.3 Å². The summed E-state index contributed by atoms with van der Waals surface area (Å²) in [6.45, 7) is 1.39. The van der Waals surface area contributed by atoms with Crippen LogP contribution in [0.3, 0.4) is 0 Å². The topological polar surface area (TPSA) is 57.6 Å². The molecule has 1 N–H and O–H groups in total. The lowest BCUT2D eigenvalue weighted by Gasteiger charge is -2.18. The van der Waals surface area contributed by atoms with Crippen LogP contribution in [0, 0.1) is 0 Å². The molecule has 0 saturated carbocycles. The first kappa shape index (κ1) is 12.0. The molecule has 0 bridgehead atoms. The number of carboxylic acid groups (broad SMARTS) is 1. The molecule has 1 amide bonds. The molecule has 0 aliphatic carbocycles. The molecule has 0 heterocycles. The molecule has 0 unspecified atom stereocenters. The lowest BCUT2D eigenvalue weighted by atomic mass is 10.1. The number of carbonyl (C=O) groups excluding carboxylic acids is 1. The van der Waals surface area contributed by atoms with E-state index in [0.717, 1.165) is 6.08 Å². The van der Waals surface area contributed by atoms with Crippen molar-refractivity contribution in [2.45, 2.75) is 6.92 Å². The number of hydrogen-bond acceptors (Lipinski definition) is 2. The fourth-order valence-electron chi connectivity index (χ4n) is 1.27. The van der Waals surface area contributed by atoms with Gasteiger partial charge in [0, 0.05) is 20.0 Å². The molecule has 1 rings (SSSR count). The molecule has 0 aliphatic heterocycles. The van der Waals surface area contributed by atoms with E-state index in [1.165, 1.54) is 11.8 Å². The number of amides is 1. The van der Waals surface area contributed by atoms with Crippen molar-refractivity contribution < 1.29 is 14.7 Å². The normalized spacial score (nSPS) is 11.0. The van der Waals surface area contributed by atoms with Gasteiger partial charge in [-0.2, -0.15) is 0 Å². The van der Waals surface area contributed by atoms with Crippen LogP contribution in [0.1, 0.15) is 12.5 Å². The van der Waals surface area contributed by atoms with Crippen molar-refractivity contribution in [3.63, 3.8) is 0 Å². The zero-order chi connectivity index (χ0) is 12.1. The number of rotatable bonds is 3. The van der Waals surface area contributed by atoms with Crippen LogP contribution in [0.2, 0.25) is 0 Å². The molecule has 0 saturated heterocycles. The molecule has 1 aromatic carbocycles. The van der Waals surface area contributed by atoms with E-state index < -0.39 is 5.97 Å². The molecule has 0 fully saturated rings. The van der Waals surface area contributed by atoms with Gasteiger partial charge in [-0.05, 0) is 5.56 Å². The highest BCUT2D eigenvalue weighted by Gasteiger charge is 2.12. The maximum atomic E-state index is 11.2. The number of nitrogens with zero attached hydrogens (tertiary/aromatic N) is 1. The summed E-state index contributed by atoms with van der Waals surface area (Å²) in [4.78, 5) is 23.2. The van der Waals surface area contributed by atoms with Crippen molar-refractivity contribution in [2.24, 2.45) is 0 Å². The minimum Gasteiger partial charge on any atom is -0.478 e. The van der Waals surface area contributed by atoms with Crippen molar-refractivity contribution in [2.75, 3.05) is 7.05 Å². The Morgan fingerprint density at radius 2 is 1.81 bits per heavy atom. The van der Waals surface area contributed by atoms with Crippen molar-refractivity contribution in [1.82, 2.24) is 4.90 Å². The Kier molecular flexibility index (Phi) is 3.83. The third kappa shape index (κ3) is 2.95. The number of aliphatic carboxylic acids is 1. The quantitative estimate of drug-likeness (QED) is 0.785. The fraction of sp³-hybridized carbons (Fsp3) is 0.167. The summed E-state index contributed by atoms with van der Waals surface area (Å²) in [6, 6.07) is 8.93. The van der Waals surface area contributed by atoms with E-state index in [2.05, 4.69) is 0 Å². The van der Waals surface area contributed by atoms with E-state index >= 15 is 0 Å². The van der Waals surface area contributed by atoms with Gasteiger partial charge in [-0.15, -0.1) is 0 Å². The molecule has 0 spiro atoms. The minimum absolute atomic E-state index is 0.212. The maximum Gasteiger partial charge on any atom is 0.330 e. The van der Waals surface area contributed by atoms with Crippen LogP contribution >= 0.6 is 0 Å². The van der Waals surface area contributed by atoms with Gasteiger partial charge in [-0.1, -0.05) is 30.3 Å². The highest BCUT2D eigenvalue weighted by Crippen LogP contribution is 2.17.